The van der Waals surface area contributed by atoms with Crippen LogP contribution in [0.5, 0.6) is 0 Å². The summed E-state index contributed by atoms with van der Waals surface area (Å²) in [6.45, 7) is 2.34. The Bertz CT molecular complexity index is 575. The first-order chi connectivity index (χ1) is 12.6. The molecule has 3 aliphatic heterocycles. The SMILES string of the molecule is O=C(CN1C(=O)NC2(CCCCC2)C1=O)N1CCC(C2OCCO2)CC1. The number of carbonyl (C=O) groups is 3. The quantitative estimate of drug-likeness (QED) is 0.749. The van der Waals surface area contributed by atoms with Gasteiger partial charge in [-0.25, -0.2) is 4.79 Å². The average molecular weight is 365 g/mol. The van der Waals surface area contributed by atoms with Crippen LogP contribution in [0.2, 0.25) is 0 Å². The summed E-state index contributed by atoms with van der Waals surface area (Å²) in [5.41, 5.74) is -0.764. The Morgan fingerprint density at radius 2 is 1.73 bits per heavy atom. The summed E-state index contributed by atoms with van der Waals surface area (Å²) < 4.78 is 11.1. The number of nitrogens with zero attached hydrogens (tertiary/aromatic N) is 2. The van der Waals surface area contributed by atoms with E-state index in [0.717, 1.165) is 37.0 Å². The number of imide groups is 1. The third-order valence-corrected chi connectivity index (χ3v) is 6.17. The summed E-state index contributed by atoms with van der Waals surface area (Å²) >= 11 is 0. The van der Waals surface area contributed by atoms with Crippen LogP contribution in [0.15, 0.2) is 0 Å². The van der Waals surface area contributed by atoms with E-state index in [9.17, 15) is 14.4 Å². The van der Waals surface area contributed by atoms with E-state index >= 15 is 0 Å². The standard InChI is InChI=1S/C18H27N3O5/c22-14(20-8-4-13(5-9-20)15-25-10-11-26-15)12-21-16(23)18(19-17(21)24)6-2-1-3-7-18/h13,15H,1-12H2,(H,19,24). The molecule has 0 bridgehead atoms. The fraction of sp³-hybridized carbons (Fsp3) is 0.833. The number of carbonyl (C=O) groups excluding carboxylic acids is 3. The van der Waals surface area contributed by atoms with E-state index in [1.165, 1.54) is 0 Å². The molecule has 1 spiro atoms. The van der Waals surface area contributed by atoms with Crippen LogP contribution in [-0.4, -0.2) is 72.3 Å². The minimum atomic E-state index is -0.764. The number of hydrogen-bond donors (Lipinski definition) is 1. The monoisotopic (exact) mass is 365 g/mol. The van der Waals surface area contributed by atoms with Gasteiger partial charge in [0.25, 0.3) is 5.91 Å². The van der Waals surface area contributed by atoms with Crippen LogP contribution < -0.4 is 5.32 Å². The van der Waals surface area contributed by atoms with Gasteiger partial charge in [0.15, 0.2) is 6.29 Å². The molecule has 1 aliphatic carbocycles. The number of urea groups is 1. The lowest BCUT2D eigenvalue weighted by Gasteiger charge is -2.34. The van der Waals surface area contributed by atoms with E-state index in [-0.39, 0.29) is 24.6 Å². The first-order valence-electron chi connectivity index (χ1n) is 9.74. The fourth-order valence-corrected chi connectivity index (χ4v) is 4.62. The van der Waals surface area contributed by atoms with Gasteiger partial charge in [0, 0.05) is 19.0 Å². The van der Waals surface area contributed by atoms with Crippen molar-refractivity contribution in [3.63, 3.8) is 0 Å². The lowest BCUT2D eigenvalue weighted by molar-refractivity contribution is -0.142. The van der Waals surface area contributed by atoms with E-state index in [1.54, 1.807) is 4.90 Å². The predicted molar refractivity (Wildman–Crippen MR) is 91.1 cm³/mol. The first-order valence-corrected chi connectivity index (χ1v) is 9.74. The Labute approximate surface area is 153 Å². The molecule has 0 aromatic heterocycles. The Hall–Kier alpha value is -1.67. The molecule has 26 heavy (non-hydrogen) atoms. The molecule has 4 rings (SSSR count). The van der Waals surface area contributed by atoms with Crippen LogP contribution >= 0.6 is 0 Å². The molecule has 4 fully saturated rings. The van der Waals surface area contributed by atoms with Gasteiger partial charge in [-0.2, -0.15) is 0 Å². The summed E-state index contributed by atoms with van der Waals surface area (Å²) in [7, 11) is 0. The Morgan fingerprint density at radius 1 is 1.08 bits per heavy atom. The topological polar surface area (TPSA) is 88.2 Å². The molecule has 3 saturated heterocycles. The summed E-state index contributed by atoms with van der Waals surface area (Å²) in [6.07, 6.45) is 5.81. The third kappa shape index (κ3) is 3.20. The highest BCUT2D eigenvalue weighted by atomic mass is 16.7. The summed E-state index contributed by atoms with van der Waals surface area (Å²) in [5.74, 6) is -0.0740. The molecule has 1 saturated carbocycles. The Balaban J connectivity index is 1.32. The molecule has 0 aromatic carbocycles. The second kappa shape index (κ2) is 7.15. The molecular weight excluding hydrogens is 338 g/mol. The molecule has 0 aromatic rings. The van der Waals surface area contributed by atoms with Gasteiger partial charge in [-0.1, -0.05) is 19.3 Å². The van der Waals surface area contributed by atoms with Gasteiger partial charge in [-0.3, -0.25) is 14.5 Å². The predicted octanol–water partition coefficient (Wildman–Crippen LogP) is 0.853. The number of ether oxygens (including phenoxy) is 2. The van der Waals surface area contributed by atoms with E-state index in [2.05, 4.69) is 5.32 Å². The minimum Gasteiger partial charge on any atom is -0.350 e. The number of hydrogen-bond acceptors (Lipinski definition) is 5. The lowest BCUT2D eigenvalue weighted by Crippen LogP contribution is -2.50. The summed E-state index contributed by atoms with van der Waals surface area (Å²) in [4.78, 5) is 40.6. The zero-order valence-corrected chi connectivity index (χ0v) is 15.1. The van der Waals surface area contributed by atoms with Gasteiger partial charge in [-0.05, 0) is 25.7 Å². The highest BCUT2D eigenvalue weighted by Crippen LogP contribution is 2.33. The maximum absolute atomic E-state index is 12.8. The molecule has 8 heteroatoms. The summed E-state index contributed by atoms with van der Waals surface area (Å²) in [6, 6.07) is -0.423. The summed E-state index contributed by atoms with van der Waals surface area (Å²) in [5, 5.41) is 2.86. The van der Waals surface area contributed by atoms with Crippen LogP contribution in [-0.2, 0) is 19.1 Å². The van der Waals surface area contributed by atoms with Crippen molar-refractivity contribution < 1.29 is 23.9 Å². The fourth-order valence-electron chi connectivity index (χ4n) is 4.62. The minimum absolute atomic E-state index is 0.149. The van der Waals surface area contributed by atoms with Crippen LogP contribution in [0.25, 0.3) is 0 Å². The second-order valence-corrected chi connectivity index (χ2v) is 7.79. The highest BCUT2D eigenvalue weighted by molar-refractivity contribution is 6.09. The van der Waals surface area contributed by atoms with E-state index in [0.29, 0.717) is 45.1 Å². The van der Waals surface area contributed by atoms with Gasteiger partial charge in [0.2, 0.25) is 5.91 Å². The van der Waals surface area contributed by atoms with E-state index in [4.69, 9.17) is 9.47 Å². The van der Waals surface area contributed by atoms with Gasteiger partial charge < -0.3 is 19.7 Å². The van der Waals surface area contributed by atoms with Crippen LogP contribution in [0.4, 0.5) is 4.79 Å². The molecule has 0 radical (unpaired) electrons. The number of likely N-dealkylation sites (tertiary alicyclic amines) is 1. The van der Waals surface area contributed by atoms with Crippen molar-refractivity contribution in [3.8, 4) is 0 Å². The van der Waals surface area contributed by atoms with Crippen molar-refractivity contribution in [3.05, 3.63) is 0 Å². The van der Waals surface area contributed by atoms with E-state index < -0.39 is 11.6 Å². The molecule has 144 valence electrons. The molecular formula is C18H27N3O5. The smallest absolute Gasteiger partial charge is 0.325 e. The van der Waals surface area contributed by atoms with Crippen LogP contribution in [0.1, 0.15) is 44.9 Å². The zero-order valence-electron chi connectivity index (χ0n) is 15.1. The van der Waals surface area contributed by atoms with Crippen molar-refractivity contribution >= 4 is 17.8 Å². The normalized spacial score (nSPS) is 27.4. The van der Waals surface area contributed by atoms with Crippen LogP contribution in [0, 0.1) is 5.92 Å². The average Bonchev–Trinajstić information content (AvgIpc) is 3.27. The molecule has 4 aliphatic rings. The van der Waals surface area contributed by atoms with Crippen molar-refractivity contribution in [1.82, 2.24) is 15.1 Å². The first kappa shape index (κ1) is 17.7. The van der Waals surface area contributed by atoms with Crippen molar-refractivity contribution in [2.45, 2.75) is 56.8 Å². The zero-order chi connectivity index (χ0) is 18.1. The third-order valence-electron chi connectivity index (χ3n) is 6.17. The van der Waals surface area contributed by atoms with Gasteiger partial charge in [0.1, 0.15) is 12.1 Å². The van der Waals surface area contributed by atoms with Crippen molar-refractivity contribution in [2.24, 2.45) is 5.92 Å². The number of piperidine rings is 1. The maximum atomic E-state index is 12.8. The van der Waals surface area contributed by atoms with Crippen molar-refractivity contribution in [2.75, 3.05) is 32.8 Å². The van der Waals surface area contributed by atoms with Crippen LogP contribution in [0.3, 0.4) is 0 Å². The number of nitrogens with one attached hydrogen (secondary N) is 1. The molecule has 0 atom stereocenters. The maximum Gasteiger partial charge on any atom is 0.325 e. The van der Waals surface area contributed by atoms with Crippen molar-refractivity contribution in [1.29, 1.82) is 0 Å². The van der Waals surface area contributed by atoms with Gasteiger partial charge in [0.05, 0.1) is 13.2 Å². The number of amides is 4. The molecule has 0 unspecified atom stereocenters. The highest BCUT2D eigenvalue weighted by Gasteiger charge is 2.51. The molecule has 8 nitrogen and oxygen atoms in total. The largest absolute Gasteiger partial charge is 0.350 e. The Morgan fingerprint density at radius 3 is 2.38 bits per heavy atom. The van der Waals surface area contributed by atoms with Gasteiger partial charge in [-0.15, -0.1) is 0 Å². The van der Waals surface area contributed by atoms with E-state index in [1.807, 2.05) is 0 Å². The number of rotatable bonds is 3. The second-order valence-electron chi connectivity index (χ2n) is 7.79. The molecule has 4 amide bonds. The van der Waals surface area contributed by atoms with Gasteiger partial charge >= 0.3 is 6.03 Å². The Kier molecular flexibility index (Phi) is 4.88. The molecule has 1 N–H and O–H groups in total. The molecule has 3 heterocycles. The lowest BCUT2D eigenvalue weighted by atomic mass is 9.82.